The third kappa shape index (κ3) is 3.98. The van der Waals surface area contributed by atoms with E-state index >= 15 is 0 Å². The molecule has 1 N–H and O–H groups in total. The van der Waals surface area contributed by atoms with E-state index in [0.29, 0.717) is 0 Å². The number of hydrogen-bond donors (Lipinski definition) is 1. The van der Waals surface area contributed by atoms with Gasteiger partial charge >= 0.3 is 0 Å². The van der Waals surface area contributed by atoms with Crippen LogP contribution in [0.5, 0.6) is 5.75 Å². The van der Waals surface area contributed by atoms with Crippen LogP contribution in [0.15, 0.2) is 48.7 Å². The summed E-state index contributed by atoms with van der Waals surface area (Å²) in [6.07, 6.45) is 3.05. The fourth-order valence-corrected chi connectivity index (χ4v) is 1.93. The van der Waals surface area contributed by atoms with Crippen molar-refractivity contribution in [2.45, 2.75) is 39.3 Å². The molecule has 0 aliphatic carbocycles. The Morgan fingerprint density at radius 2 is 2.00 bits per heavy atom. The fraction of sp³-hybridized carbons (Fsp3) is 0.353. The van der Waals surface area contributed by atoms with Crippen LogP contribution in [0.1, 0.15) is 38.9 Å². The van der Waals surface area contributed by atoms with Gasteiger partial charge in [0.25, 0.3) is 0 Å². The summed E-state index contributed by atoms with van der Waals surface area (Å²) in [7, 11) is 0. The molecule has 1 heterocycles. The number of ether oxygens (including phenoxy) is 1. The molecule has 2 aromatic rings. The maximum Gasteiger partial charge on any atom is 0.121 e. The predicted octanol–water partition coefficient (Wildman–Crippen LogP) is 4.43. The van der Waals surface area contributed by atoms with Crippen molar-refractivity contribution in [3.63, 3.8) is 0 Å². The van der Waals surface area contributed by atoms with Gasteiger partial charge < -0.3 is 10.1 Å². The summed E-state index contributed by atoms with van der Waals surface area (Å²) in [6, 6.07) is 14.2. The summed E-state index contributed by atoms with van der Waals surface area (Å²) < 4.78 is 5.84. The van der Waals surface area contributed by atoms with E-state index < -0.39 is 0 Å². The van der Waals surface area contributed by atoms with E-state index in [1.807, 2.05) is 48.7 Å². The molecular weight excluding hydrogens is 248 g/mol. The lowest BCUT2D eigenvalue weighted by molar-refractivity contribution is 0.217. The Bertz CT molecular complexity index is 528. The van der Waals surface area contributed by atoms with Gasteiger partial charge in [-0.1, -0.05) is 19.1 Å². The van der Waals surface area contributed by atoms with Gasteiger partial charge in [-0.3, -0.25) is 4.98 Å². The molecule has 0 saturated heterocycles. The summed E-state index contributed by atoms with van der Waals surface area (Å²) in [6.45, 7) is 6.30. The van der Waals surface area contributed by atoms with Crippen LogP contribution in [0, 0.1) is 0 Å². The van der Waals surface area contributed by atoms with Crippen molar-refractivity contribution in [2.75, 3.05) is 5.32 Å². The highest BCUT2D eigenvalue weighted by Crippen LogP contribution is 2.22. The Hall–Kier alpha value is -2.03. The van der Waals surface area contributed by atoms with Gasteiger partial charge in [0, 0.05) is 18.0 Å². The molecule has 0 bridgehead atoms. The summed E-state index contributed by atoms with van der Waals surface area (Å²) in [5.74, 6) is 0.901. The van der Waals surface area contributed by atoms with Crippen molar-refractivity contribution in [1.82, 2.24) is 4.98 Å². The molecule has 2 unspecified atom stereocenters. The molecule has 20 heavy (non-hydrogen) atoms. The Labute approximate surface area is 121 Å². The van der Waals surface area contributed by atoms with E-state index in [1.54, 1.807) is 0 Å². The molecule has 106 valence electrons. The third-order valence-electron chi connectivity index (χ3n) is 3.26. The van der Waals surface area contributed by atoms with Crippen molar-refractivity contribution in [2.24, 2.45) is 0 Å². The van der Waals surface area contributed by atoms with Crippen LogP contribution >= 0.6 is 0 Å². The van der Waals surface area contributed by atoms with Crippen molar-refractivity contribution in [3.05, 3.63) is 54.4 Å². The fourth-order valence-electron chi connectivity index (χ4n) is 1.93. The molecule has 0 aliphatic heterocycles. The molecule has 3 heteroatoms. The van der Waals surface area contributed by atoms with Gasteiger partial charge in [-0.15, -0.1) is 0 Å². The van der Waals surface area contributed by atoms with Crippen LogP contribution in [0.3, 0.4) is 0 Å². The van der Waals surface area contributed by atoms with E-state index in [1.165, 1.54) is 0 Å². The maximum absolute atomic E-state index is 5.84. The average Bonchev–Trinajstić information content (AvgIpc) is 2.48. The molecule has 0 saturated carbocycles. The number of benzene rings is 1. The van der Waals surface area contributed by atoms with E-state index in [4.69, 9.17) is 4.74 Å². The molecule has 0 radical (unpaired) electrons. The average molecular weight is 270 g/mol. The molecule has 0 aliphatic rings. The van der Waals surface area contributed by atoms with E-state index in [0.717, 1.165) is 23.6 Å². The summed E-state index contributed by atoms with van der Waals surface area (Å²) >= 11 is 0. The SMILES string of the molecule is CCC(C)Oc1cccc(NC(C)c2ccccn2)c1. The number of rotatable bonds is 6. The second kappa shape index (κ2) is 6.94. The largest absolute Gasteiger partial charge is 0.491 e. The molecule has 0 fully saturated rings. The molecule has 0 spiro atoms. The quantitative estimate of drug-likeness (QED) is 0.843. The Kier molecular flexibility index (Phi) is 4.99. The van der Waals surface area contributed by atoms with Gasteiger partial charge in [0.2, 0.25) is 0 Å². The Balaban J connectivity index is 2.04. The first-order valence-corrected chi connectivity index (χ1v) is 7.13. The second-order valence-electron chi connectivity index (χ2n) is 4.99. The van der Waals surface area contributed by atoms with Crippen molar-refractivity contribution in [3.8, 4) is 5.75 Å². The number of hydrogen-bond acceptors (Lipinski definition) is 3. The van der Waals surface area contributed by atoms with Gasteiger partial charge in [-0.25, -0.2) is 0 Å². The number of anilines is 1. The first-order chi connectivity index (χ1) is 9.69. The zero-order valence-electron chi connectivity index (χ0n) is 12.3. The van der Waals surface area contributed by atoms with E-state index in [-0.39, 0.29) is 12.1 Å². The maximum atomic E-state index is 5.84. The normalized spacial score (nSPS) is 13.6. The minimum atomic E-state index is 0.162. The van der Waals surface area contributed by atoms with Crippen molar-refractivity contribution >= 4 is 5.69 Å². The molecule has 1 aromatic carbocycles. The van der Waals surface area contributed by atoms with Crippen LogP contribution in [0.2, 0.25) is 0 Å². The molecule has 0 amide bonds. The second-order valence-corrected chi connectivity index (χ2v) is 4.99. The number of nitrogens with one attached hydrogen (secondary N) is 1. The minimum absolute atomic E-state index is 0.162. The monoisotopic (exact) mass is 270 g/mol. The predicted molar refractivity (Wildman–Crippen MR) is 83.1 cm³/mol. The Morgan fingerprint density at radius 1 is 1.15 bits per heavy atom. The van der Waals surface area contributed by atoms with Crippen LogP contribution in [-0.4, -0.2) is 11.1 Å². The summed E-state index contributed by atoms with van der Waals surface area (Å²) in [5.41, 5.74) is 2.07. The number of pyridine rings is 1. The standard InChI is InChI=1S/C17H22N2O/c1-4-13(2)20-16-9-7-8-15(12-16)19-14(3)17-10-5-6-11-18-17/h5-14,19H,4H2,1-3H3. The lowest BCUT2D eigenvalue weighted by Crippen LogP contribution is -2.11. The van der Waals surface area contributed by atoms with Crippen LogP contribution in [-0.2, 0) is 0 Å². The zero-order valence-corrected chi connectivity index (χ0v) is 12.3. The highest BCUT2D eigenvalue weighted by atomic mass is 16.5. The van der Waals surface area contributed by atoms with Gasteiger partial charge in [0.05, 0.1) is 17.8 Å². The lowest BCUT2D eigenvalue weighted by Gasteiger charge is -2.17. The van der Waals surface area contributed by atoms with Crippen LogP contribution in [0.25, 0.3) is 0 Å². The highest BCUT2D eigenvalue weighted by molar-refractivity contribution is 5.49. The summed E-state index contributed by atoms with van der Waals surface area (Å²) in [5, 5.41) is 3.45. The van der Waals surface area contributed by atoms with E-state index in [2.05, 4.69) is 31.1 Å². The van der Waals surface area contributed by atoms with E-state index in [9.17, 15) is 0 Å². The van der Waals surface area contributed by atoms with Crippen molar-refractivity contribution < 1.29 is 4.74 Å². The summed E-state index contributed by atoms with van der Waals surface area (Å²) in [4.78, 5) is 4.37. The molecule has 1 aromatic heterocycles. The minimum Gasteiger partial charge on any atom is -0.491 e. The van der Waals surface area contributed by atoms with Crippen LogP contribution < -0.4 is 10.1 Å². The number of nitrogens with zero attached hydrogens (tertiary/aromatic N) is 1. The van der Waals surface area contributed by atoms with Gasteiger partial charge in [0.15, 0.2) is 0 Å². The highest BCUT2D eigenvalue weighted by Gasteiger charge is 2.07. The first kappa shape index (κ1) is 14.4. The first-order valence-electron chi connectivity index (χ1n) is 7.13. The smallest absolute Gasteiger partial charge is 0.121 e. The Morgan fingerprint density at radius 3 is 2.70 bits per heavy atom. The molecule has 2 atom stereocenters. The topological polar surface area (TPSA) is 34.1 Å². The third-order valence-corrected chi connectivity index (χ3v) is 3.26. The van der Waals surface area contributed by atoms with Gasteiger partial charge in [-0.2, -0.15) is 0 Å². The van der Waals surface area contributed by atoms with Gasteiger partial charge in [-0.05, 0) is 44.5 Å². The number of aromatic nitrogens is 1. The zero-order chi connectivity index (χ0) is 14.4. The lowest BCUT2D eigenvalue weighted by atomic mass is 10.2. The molecule has 2 rings (SSSR count). The van der Waals surface area contributed by atoms with Crippen LogP contribution in [0.4, 0.5) is 5.69 Å². The van der Waals surface area contributed by atoms with Gasteiger partial charge in [0.1, 0.15) is 5.75 Å². The molecule has 3 nitrogen and oxygen atoms in total. The van der Waals surface area contributed by atoms with Crippen molar-refractivity contribution in [1.29, 1.82) is 0 Å². The molecular formula is C17H22N2O.